The van der Waals surface area contributed by atoms with Crippen LogP contribution in [0.4, 0.5) is 17.6 Å². The highest BCUT2D eigenvalue weighted by molar-refractivity contribution is 6.30. The number of halogens is 5. The van der Waals surface area contributed by atoms with E-state index in [4.69, 9.17) is 16.3 Å². The Kier molecular flexibility index (Phi) is 7.87. The molecule has 33 heavy (non-hydrogen) atoms. The summed E-state index contributed by atoms with van der Waals surface area (Å²) in [7, 11) is 0. The number of alkyl halides is 3. The molecule has 1 heterocycles. The van der Waals surface area contributed by atoms with Crippen LogP contribution in [0.1, 0.15) is 40.6 Å². The van der Waals surface area contributed by atoms with Crippen LogP contribution in [0.25, 0.3) is 0 Å². The fourth-order valence-corrected chi connectivity index (χ4v) is 3.77. The number of carbonyl (C=O) groups excluding carboxylic acids is 1. The van der Waals surface area contributed by atoms with Gasteiger partial charge in [0.1, 0.15) is 12.4 Å². The average molecular weight is 478 g/mol. The van der Waals surface area contributed by atoms with Gasteiger partial charge in [0, 0.05) is 23.7 Å². The smallest absolute Gasteiger partial charge is 0.416 e. The molecule has 2 unspecified atom stereocenters. The molecule has 3 aromatic rings. The number of carbonyl (C=O) groups is 1. The van der Waals surface area contributed by atoms with Crippen LogP contribution < -0.4 is 0 Å². The van der Waals surface area contributed by atoms with Crippen LogP contribution in [-0.2, 0) is 15.7 Å². The number of ether oxygens (including phenoxy) is 1. The highest BCUT2D eigenvalue weighted by Gasteiger charge is 2.35. The molecule has 2 aromatic carbocycles. The maximum absolute atomic E-state index is 14.3. The van der Waals surface area contributed by atoms with Gasteiger partial charge in [-0.2, -0.15) is 13.2 Å². The Morgan fingerprint density at radius 3 is 2.42 bits per heavy atom. The zero-order valence-corrected chi connectivity index (χ0v) is 18.1. The molecule has 8 heteroatoms. The Morgan fingerprint density at radius 1 is 1.09 bits per heavy atom. The Labute approximate surface area is 193 Å². The number of aromatic nitrogens is 1. The topological polar surface area (TPSA) is 39.2 Å². The van der Waals surface area contributed by atoms with Crippen molar-refractivity contribution in [3.63, 3.8) is 0 Å². The quantitative estimate of drug-likeness (QED) is 0.201. The standard InChI is InChI=1S/C25H20ClF4NO2/c1-2-10-33-23(32)14-21(16-6-4-3-5-7-16)24(22-9-8-19(26)15-31-22)17-11-18(25(28,29)30)13-20(27)12-17/h2-9,11-13,15,21,24H,1,10,14H2. The molecule has 0 aliphatic rings. The number of pyridine rings is 1. The minimum Gasteiger partial charge on any atom is -0.461 e. The maximum atomic E-state index is 14.3. The van der Waals surface area contributed by atoms with Crippen LogP contribution in [0.5, 0.6) is 0 Å². The first-order valence-electron chi connectivity index (χ1n) is 9.99. The summed E-state index contributed by atoms with van der Waals surface area (Å²) in [6.07, 6.45) is -2.16. The number of hydrogen-bond donors (Lipinski definition) is 0. The van der Waals surface area contributed by atoms with Crippen LogP contribution in [0.15, 0.2) is 79.5 Å². The molecular formula is C25H20ClF4NO2. The Morgan fingerprint density at radius 2 is 1.82 bits per heavy atom. The van der Waals surface area contributed by atoms with Gasteiger partial charge in [0.05, 0.1) is 17.0 Å². The maximum Gasteiger partial charge on any atom is 0.416 e. The van der Waals surface area contributed by atoms with Crippen molar-refractivity contribution < 1.29 is 27.1 Å². The number of hydrogen-bond acceptors (Lipinski definition) is 3. The van der Waals surface area contributed by atoms with E-state index in [0.717, 1.165) is 12.1 Å². The zero-order valence-electron chi connectivity index (χ0n) is 17.4. The van der Waals surface area contributed by atoms with Crippen LogP contribution in [-0.4, -0.2) is 17.6 Å². The molecule has 3 rings (SSSR count). The Balaban J connectivity index is 2.19. The summed E-state index contributed by atoms with van der Waals surface area (Å²) in [5.74, 6) is -3.20. The van der Waals surface area contributed by atoms with Gasteiger partial charge in [-0.15, -0.1) is 0 Å². The van der Waals surface area contributed by atoms with Crippen LogP contribution in [0.3, 0.4) is 0 Å². The zero-order chi connectivity index (χ0) is 24.0. The second-order valence-corrected chi connectivity index (χ2v) is 7.78. The van der Waals surface area contributed by atoms with Crippen molar-refractivity contribution in [1.82, 2.24) is 4.98 Å². The summed E-state index contributed by atoms with van der Waals surface area (Å²) in [6.45, 7) is 3.49. The van der Waals surface area contributed by atoms with E-state index >= 15 is 0 Å². The van der Waals surface area contributed by atoms with E-state index in [1.807, 2.05) is 0 Å². The first-order chi connectivity index (χ1) is 15.7. The van der Waals surface area contributed by atoms with E-state index in [9.17, 15) is 22.4 Å². The van der Waals surface area contributed by atoms with E-state index in [1.165, 1.54) is 12.3 Å². The van der Waals surface area contributed by atoms with Crippen molar-refractivity contribution in [3.8, 4) is 0 Å². The lowest BCUT2D eigenvalue weighted by molar-refractivity contribution is -0.143. The van der Waals surface area contributed by atoms with Crippen molar-refractivity contribution in [3.05, 3.63) is 113 Å². The molecule has 2 atom stereocenters. The fourth-order valence-electron chi connectivity index (χ4n) is 3.65. The SMILES string of the molecule is C=CCOC(=O)CC(c1ccccc1)C(c1cc(F)cc(C(F)(F)F)c1)c1ccc(Cl)cn1. The van der Waals surface area contributed by atoms with Crippen molar-refractivity contribution in [2.75, 3.05) is 6.61 Å². The summed E-state index contributed by atoms with van der Waals surface area (Å²) < 4.78 is 59.9. The van der Waals surface area contributed by atoms with Crippen LogP contribution in [0.2, 0.25) is 5.02 Å². The first kappa shape index (κ1) is 24.5. The number of benzene rings is 2. The molecule has 1 aromatic heterocycles. The highest BCUT2D eigenvalue weighted by atomic mass is 35.5. The van der Waals surface area contributed by atoms with Gasteiger partial charge in [-0.1, -0.05) is 54.6 Å². The fraction of sp³-hybridized carbons (Fsp3) is 0.200. The van der Waals surface area contributed by atoms with Gasteiger partial charge in [0.15, 0.2) is 0 Å². The minimum atomic E-state index is -4.75. The highest BCUT2D eigenvalue weighted by Crippen LogP contribution is 2.42. The van der Waals surface area contributed by atoms with E-state index in [2.05, 4.69) is 11.6 Å². The molecule has 0 amide bonds. The average Bonchev–Trinajstić information content (AvgIpc) is 2.78. The van der Waals surface area contributed by atoms with Gasteiger partial charge >= 0.3 is 12.1 Å². The predicted octanol–water partition coefficient (Wildman–Crippen LogP) is 6.93. The lowest BCUT2D eigenvalue weighted by Gasteiger charge is -2.28. The van der Waals surface area contributed by atoms with Crippen LogP contribution in [0, 0.1) is 5.82 Å². The third-order valence-corrected chi connectivity index (χ3v) is 5.28. The van der Waals surface area contributed by atoms with Crippen LogP contribution >= 0.6 is 11.6 Å². The number of esters is 1. The van der Waals surface area contributed by atoms with Gasteiger partial charge in [-0.25, -0.2) is 4.39 Å². The largest absolute Gasteiger partial charge is 0.461 e. The van der Waals surface area contributed by atoms with Gasteiger partial charge in [-0.05, 0) is 41.5 Å². The van der Waals surface area contributed by atoms with Gasteiger partial charge in [-0.3, -0.25) is 9.78 Å². The molecule has 0 aliphatic heterocycles. The van der Waals surface area contributed by atoms with E-state index in [-0.39, 0.29) is 18.6 Å². The van der Waals surface area contributed by atoms with E-state index in [0.29, 0.717) is 22.3 Å². The third kappa shape index (κ3) is 6.42. The van der Waals surface area contributed by atoms with Crippen molar-refractivity contribution in [2.24, 2.45) is 0 Å². The number of rotatable bonds is 8. The third-order valence-electron chi connectivity index (χ3n) is 5.05. The van der Waals surface area contributed by atoms with Crippen molar-refractivity contribution >= 4 is 17.6 Å². The number of nitrogens with zero attached hydrogens (tertiary/aromatic N) is 1. The molecule has 0 saturated heterocycles. The molecule has 0 spiro atoms. The lowest BCUT2D eigenvalue weighted by atomic mass is 9.77. The summed E-state index contributed by atoms with van der Waals surface area (Å²) in [5.41, 5.74) is -0.101. The monoisotopic (exact) mass is 477 g/mol. The molecule has 0 radical (unpaired) electrons. The second kappa shape index (κ2) is 10.6. The molecule has 0 fully saturated rings. The van der Waals surface area contributed by atoms with Crippen molar-refractivity contribution in [2.45, 2.75) is 24.4 Å². The predicted molar refractivity (Wildman–Crippen MR) is 117 cm³/mol. The first-order valence-corrected chi connectivity index (χ1v) is 10.4. The molecule has 0 aliphatic carbocycles. The van der Waals surface area contributed by atoms with Gasteiger partial charge in [0.2, 0.25) is 0 Å². The van der Waals surface area contributed by atoms with E-state index < -0.39 is 35.4 Å². The normalized spacial score (nSPS) is 13.2. The molecular weight excluding hydrogens is 458 g/mol. The van der Waals surface area contributed by atoms with E-state index in [1.54, 1.807) is 42.5 Å². The summed E-state index contributed by atoms with van der Waals surface area (Å²) in [6, 6.07) is 14.2. The molecule has 3 nitrogen and oxygen atoms in total. The second-order valence-electron chi connectivity index (χ2n) is 7.34. The summed E-state index contributed by atoms with van der Waals surface area (Å²) in [4.78, 5) is 16.8. The lowest BCUT2D eigenvalue weighted by Crippen LogP contribution is -2.20. The Bertz CT molecular complexity index is 1100. The molecule has 0 bridgehead atoms. The molecule has 0 saturated carbocycles. The summed E-state index contributed by atoms with van der Waals surface area (Å²) in [5, 5.41) is 0.328. The summed E-state index contributed by atoms with van der Waals surface area (Å²) >= 11 is 5.96. The molecule has 172 valence electrons. The van der Waals surface area contributed by atoms with Crippen molar-refractivity contribution in [1.29, 1.82) is 0 Å². The van der Waals surface area contributed by atoms with Gasteiger partial charge in [0.25, 0.3) is 0 Å². The Hall–Kier alpha value is -3.19. The minimum absolute atomic E-state index is 0.0115. The molecule has 0 N–H and O–H groups in total. The van der Waals surface area contributed by atoms with Gasteiger partial charge < -0.3 is 4.74 Å².